The molecule has 0 fully saturated rings. The highest BCUT2D eigenvalue weighted by atomic mass is 16.9. The van der Waals surface area contributed by atoms with E-state index in [4.69, 9.17) is 20.1 Å². The number of benzene rings is 1. The van der Waals surface area contributed by atoms with Crippen LogP contribution in [-0.4, -0.2) is 28.0 Å². The first kappa shape index (κ1) is 24.8. The Balaban J connectivity index is 0.00000153. The predicted octanol–water partition coefficient (Wildman–Crippen LogP) is 4.48. The monoisotopic (exact) mass is 383 g/mol. The van der Waals surface area contributed by atoms with E-state index in [0.717, 1.165) is 25.7 Å². The van der Waals surface area contributed by atoms with Gasteiger partial charge in [-0.2, -0.15) is 0 Å². The summed E-state index contributed by atoms with van der Waals surface area (Å²) >= 11 is 0. The molecule has 0 spiro atoms. The summed E-state index contributed by atoms with van der Waals surface area (Å²) in [7, 11) is 0. The molecule has 0 aliphatic carbocycles. The Labute approximate surface area is 161 Å². The van der Waals surface area contributed by atoms with Gasteiger partial charge < -0.3 is 15.1 Å². The zero-order valence-electron chi connectivity index (χ0n) is 16.6. The number of hydrogen-bond acceptors (Lipinski definition) is 5. The Morgan fingerprint density at radius 2 is 1.63 bits per heavy atom. The van der Waals surface area contributed by atoms with Gasteiger partial charge in [0.25, 0.3) is 5.09 Å². The van der Waals surface area contributed by atoms with E-state index in [1.165, 1.54) is 19.3 Å². The molecule has 154 valence electrons. The van der Waals surface area contributed by atoms with Gasteiger partial charge in [-0.3, -0.25) is 0 Å². The summed E-state index contributed by atoms with van der Waals surface area (Å²) in [4.78, 5) is 21.0. The summed E-state index contributed by atoms with van der Waals surface area (Å²) < 4.78 is 5.44. The lowest BCUT2D eigenvalue weighted by Gasteiger charge is -2.33. The first-order valence-electron chi connectivity index (χ1n) is 9.62. The smallest absolute Gasteiger partial charge is 0.343 e. The van der Waals surface area contributed by atoms with E-state index >= 15 is 0 Å². The fourth-order valence-electron chi connectivity index (χ4n) is 3.07. The Bertz CT molecular complexity index is 529. The maximum absolute atomic E-state index is 12.6. The summed E-state index contributed by atoms with van der Waals surface area (Å²) in [5.74, 6) is -0.648. The van der Waals surface area contributed by atoms with Gasteiger partial charge in [0.2, 0.25) is 0 Å². The summed E-state index contributed by atoms with van der Waals surface area (Å²) in [5.41, 5.74) is -0.918. The molecule has 27 heavy (non-hydrogen) atoms. The summed E-state index contributed by atoms with van der Waals surface area (Å²) in [6.45, 7) is 6.56. The second kappa shape index (κ2) is 14.0. The van der Waals surface area contributed by atoms with Crippen molar-refractivity contribution in [3.8, 4) is 0 Å². The summed E-state index contributed by atoms with van der Waals surface area (Å²) in [5, 5.41) is 24.8. The third-order valence-electron chi connectivity index (χ3n) is 4.58. The van der Waals surface area contributed by atoms with Crippen LogP contribution < -0.4 is 0 Å². The van der Waals surface area contributed by atoms with Gasteiger partial charge in [-0.15, -0.1) is 10.1 Å². The number of ether oxygens (including phenoxy) is 1. The van der Waals surface area contributed by atoms with Crippen molar-refractivity contribution in [1.82, 2.24) is 0 Å². The summed E-state index contributed by atoms with van der Waals surface area (Å²) in [6.07, 6.45) is 6.97. The van der Waals surface area contributed by atoms with Crippen LogP contribution in [0.25, 0.3) is 0 Å². The second-order valence-electron chi connectivity index (χ2n) is 6.43. The summed E-state index contributed by atoms with van der Waals surface area (Å²) in [6, 6.07) is 9.19. The second-order valence-corrected chi connectivity index (χ2v) is 6.43. The quantitative estimate of drug-likeness (QED) is 0.252. The van der Waals surface area contributed by atoms with Crippen LogP contribution in [0, 0.1) is 16.0 Å². The molecule has 0 aliphatic heterocycles. The van der Waals surface area contributed by atoms with E-state index in [1.807, 2.05) is 32.0 Å². The van der Waals surface area contributed by atoms with Gasteiger partial charge in [-0.05, 0) is 24.8 Å². The number of carbonyl (C=O) groups excluding carboxylic acids is 1. The van der Waals surface area contributed by atoms with Gasteiger partial charge >= 0.3 is 5.97 Å². The number of hydrogen-bond donors (Lipinski definition) is 2. The van der Waals surface area contributed by atoms with Crippen LogP contribution >= 0.6 is 0 Å². The number of aliphatic hydroxyl groups is 1. The molecule has 1 aromatic carbocycles. The minimum absolute atomic E-state index is 0.141. The first-order chi connectivity index (χ1) is 12.8. The molecular formula is C20H33NO6. The fourth-order valence-corrected chi connectivity index (χ4v) is 3.07. The molecule has 0 heterocycles. The van der Waals surface area contributed by atoms with E-state index in [9.17, 15) is 9.90 Å². The molecule has 1 atom stereocenters. The lowest BCUT2D eigenvalue weighted by Crippen LogP contribution is -2.44. The van der Waals surface area contributed by atoms with Gasteiger partial charge in [0.15, 0.2) is 5.60 Å². The van der Waals surface area contributed by atoms with Crippen LogP contribution in [-0.2, 0) is 15.1 Å². The van der Waals surface area contributed by atoms with Gasteiger partial charge in [-0.25, -0.2) is 4.79 Å². The molecule has 1 rings (SSSR count). The maximum Gasteiger partial charge on any atom is 0.343 e. The Morgan fingerprint density at radius 1 is 1.11 bits per heavy atom. The zero-order chi connectivity index (χ0) is 20.7. The Morgan fingerprint density at radius 3 is 2.11 bits per heavy atom. The van der Waals surface area contributed by atoms with Crippen LogP contribution in [0.1, 0.15) is 71.3 Å². The van der Waals surface area contributed by atoms with Crippen molar-refractivity contribution in [1.29, 1.82) is 0 Å². The van der Waals surface area contributed by atoms with Crippen LogP contribution in [0.3, 0.4) is 0 Å². The lowest BCUT2D eigenvalue weighted by atomic mass is 9.78. The number of rotatable bonds is 11. The highest BCUT2D eigenvalue weighted by Gasteiger charge is 2.45. The van der Waals surface area contributed by atoms with Crippen LogP contribution in [0.4, 0.5) is 0 Å². The molecule has 7 heteroatoms. The van der Waals surface area contributed by atoms with Gasteiger partial charge in [0, 0.05) is 5.92 Å². The van der Waals surface area contributed by atoms with E-state index in [2.05, 4.69) is 6.92 Å². The van der Waals surface area contributed by atoms with Crippen LogP contribution in [0.2, 0.25) is 0 Å². The van der Waals surface area contributed by atoms with Crippen molar-refractivity contribution in [2.24, 2.45) is 5.92 Å². The van der Waals surface area contributed by atoms with E-state index in [1.54, 1.807) is 12.1 Å². The minimum atomic E-state index is -1.55. The SMILES string of the molecule is CCCCCCCOC(=O)C(O)(c1ccccc1)C(CC)CC.O=[N+]([O-])O. The zero-order valence-corrected chi connectivity index (χ0v) is 16.6. The number of unbranched alkanes of at least 4 members (excludes halogenated alkanes) is 4. The van der Waals surface area contributed by atoms with Crippen LogP contribution in [0.5, 0.6) is 0 Å². The highest BCUT2D eigenvalue weighted by Crippen LogP contribution is 2.35. The highest BCUT2D eigenvalue weighted by molar-refractivity contribution is 5.81. The standard InChI is InChI=1S/C20H32O3.HNO3/c1-4-7-8-9-13-16-23-19(21)20(22,17(5-2)6-3)18-14-11-10-12-15-18;2-1(3)4/h10-12,14-15,17,22H,4-9,13,16H2,1-3H3;(H,2,3,4). The van der Waals surface area contributed by atoms with Gasteiger partial charge in [0.05, 0.1) is 6.61 Å². The number of carbonyl (C=O) groups is 1. The topological polar surface area (TPSA) is 110 Å². The van der Waals surface area contributed by atoms with Crippen molar-refractivity contribution >= 4 is 5.97 Å². The molecular weight excluding hydrogens is 350 g/mol. The number of nitrogens with zero attached hydrogens (tertiary/aromatic N) is 1. The molecule has 0 saturated carbocycles. The molecule has 7 nitrogen and oxygen atoms in total. The largest absolute Gasteiger partial charge is 0.463 e. The van der Waals surface area contributed by atoms with Crippen molar-refractivity contribution in [2.45, 2.75) is 71.3 Å². The third-order valence-corrected chi connectivity index (χ3v) is 4.58. The Hall–Kier alpha value is -2.15. The molecule has 0 saturated heterocycles. The molecule has 2 N–H and O–H groups in total. The van der Waals surface area contributed by atoms with E-state index in [-0.39, 0.29) is 5.92 Å². The molecule has 0 radical (unpaired) electrons. The third kappa shape index (κ3) is 8.86. The van der Waals surface area contributed by atoms with Gasteiger partial charge in [-0.1, -0.05) is 76.8 Å². The van der Waals surface area contributed by atoms with Crippen LogP contribution in [0.15, 0.2) is 30.3 Å². The van der Waals surface area contributed by atoms with E-state index in [0.29, 0.717) is 12.2 Å². The van der Waals surface area contributed by atoms with Crippen molar-refractivity contribution in [3.63, 3.8) is 0 Å². The molecule has 0 aliphatic rings. The molecule has 1 unspecified atom stereocenters. The fraction of sp³-hybridized carbons (Fsp3) is 0.650. The molecule has 0 aromatic heterocycles. The first-order valence-corrected chi connectivity index (χ1v) is 9.62. The molecule has 0 bridgehead atoms. The average Bonchev–Trinajstić information content (AvgIpc) is 2.65. The lowest BCUT2D eigenvalue weighted by molar-refractivity contribution is -0.742. The predicted molar refractivity (Wildman–Crippen MR) is 103 cm³/mol. The normalized spacial score (nSPS) is 12.6. The molecule has 1 aromatic rings. The van der Waals surface area contributed by atoms with Crippen molar-refractivity contribution in [2.75, 3.05) is 6.61 Å². The maximum atomic E-state index is 12.6. The minimum Gasteiger partial charge on any atom is -0.463 e. The van der Waals surface area contributed by atoms with Crippen molar-refractivity contribution in [3.05, 3.63) is 46.0 Å². The Kier molecular flexibility index (Phi) is 12.9. The van der Waals surface area contributed by atoms with Crippen molar-refractivity contribution < 1.29 is 24.9 Å². The van der Waals surface area contributed by atoms with E-state index < -0.39 is 16.7 Å². The number of esters is 1. The van der Waals surface area contributed by atoms with Gasteiger partial charge in [0.1, 0.15) is 0 Å². The average molecular weight is 383 g/mol. The molecule has 0 amide bonds.